The number of hydrazine groups is 1. The third kappa shape index (κ3) is 2.40. The number of piperidine rings is 1. The molecular formula is C18H28N2O2. The van der Waals surface area contributed by atoms with Crippen molar-refractivity contribution in [3.63, 3.8) is 0 Å². The van der Waals surface area contributed by atoms with Crippen LogP contribution in [-0.4, -0.2) is 22.9 Å². The Morgan fingerprint density at radius 1 is 0.727 bits per heavy atom. The summed E-state index contributed by atoms with van der Waals surface area (Å²) in [4.78, 5) is 25.8. The van der Waals surface area contributed by atoms with Crippen LogP contribution in [0.1, 0.15) is 70.6 Å². The van der Waals surface area contributed by atoms with E-state index in [1.165, 1.54) is 37.1 Å². The quantitative estimate of drug-likeness (QED) is 0.798. The monoisotopic (exact) mass is 304 g/mol. The highest BCUT2D eigenvalue weighted by atomic mass is 16.2. The summed E-state index contributed by atoms with van der Waals surface area (Å²) in [6, 6.07) is 0.321. The van der Waals surface area contributed by atoms with Gasteiger partial charge >= 0.3 is 0 Å². The molecule has 0 bridgehead atoms. The summed E-state index contributed by atoms with van der Waals surface area (Å²) in [5.74, 6) is 1.37. The van der Waals surface area contributed by atoms with Gasteiger partial charge in [0.25, 0.3) is 0 Å². The normalized spacial score (nSPS) is 39.7. The number of hydrogen-bond acceptors (Lipinski definition) is 3. The van der Waals surface area contributed by atoms with Crippen molar-refractivity contribution >= 4 is 11.8 Å². The van der Waals surface area contributed by atoms with E-state index in [2.05, 4.69) is 5.43 Å². The fourth-order valence-electron chi connectivity index (χ4n) is 5.61. The van der Waals surface area contributed by atoms with E-state index < -0.39 is 0 Å². The molecular weight excluding hydrogens is 276 g/mol. The molecule has 1 saturated heterocycles. The van der Waals surface area contributed by atoms with Crippen molar-refractivity contribution < 1.29 is 9.59 Å². The lowest BCUT2D eigenvalue weighted by atomic mass is 9.59. The minimum Gasteiger partial charge on any atom is -0.273 e. The van der Waals surface area contributed by atoms with E-state index in [4.69, 9.17) is 0 Å². The summed E-state index contributed by atoms with van der Waals surface area (Å²) in [6.07, 6.45) is 12.7. The van der Waals surface area contributed by atoms with Gasteiger partial charge in [-0.25, -0.2) is 10.4 Å². The Balaban J connectivity index is 1.55. The first-order valence-electron chi connectivity index (χ1n) is 9.39. The SMILES string of the molecule is O=C1[C@H]2CCCC3CCC[C@@H](C(=O)N1NC1CCCCC1)C32. The topological polar surface area (TPSA) is 49.4 Å². The van der Waals surface area contributed by atoms with Gasteiger partial charge in [-0.1, -0.05) is 44.9 Å². The minimum atomic E-state index is 0.0865. The molecule has 2 amide bonds. The highest BCUT2D eigenvalue weighted by Gasteiger charge is 2.53. The van der Waals surface area contributed by atoms with Gasteiger partial charge in [0.1, 0.15) is 0 Å². The summed E-state index contributed by atoms with van der Waals surface area (Å²) >= 11 is 0. The smallest absolute Gasteiger partial charge is 0.247 e. The van der Waals surface area contributed by atoms with Gasteiger partial charge in [0.15, 0.2) is 0 Å². The summed E-state index contributed by atoms with van der Waals surface area (Å²) in [5.41, 5.74) is 3.33. The second-order valence-corrected chi connectivity index (χ2v) is 7.89. The molecule has 4 nitrogen and oxygen atoms in total. The molecule has 0 radical (unpaired) electrons. The maximum atomic E-state index is 12.9. The van der Waals surface area contributed by atoms with Gasteiger partial charge in [-0.3, -0.25) is 9.59 Å². The van der Waals surface area contributed by atoms with Crippen LogP contribution in [0.4, 0.5) is 0 Å². The zero-order valence-corrected chi connectivity index (χ0v) is 13.4. The van der Waals surface area contributed by atoms with Crippen LogP contribution in [0.15, 0.2) is 0 Å². The number of carbonyl (C=O) groups excluding carboxylic acids is 2. The second kappa shape index (κ2) is 5.95. The Bertz CT molecular complexity index is 428. The molecule has 0 aromatic heterocycles. The van der Waals surface area contributed by atoms with Gasteiger partial charge < -0.3 is 0 Å². The van der Waals surface area contributed by atoms with Gasteiger partial charge in [0.2, 0.25) is 11.8 Å². The average molecular weight is 304 g/mol. The molecule has 122 valence electrons. The minimum absolute atomic E-state index is 0.0865. The predicted molar refractivity (Wildman–Crippen MR) is 83.5 cm³/mol. The first kappa shape index (κ1) is 14.7. The number of nitrogens with zero attached hydrogens (tertiary/aromatic N) is 1. The summed E-state index contributed by atoms with van der Waals surface area (Å²) in [6.45, 7) is 0. The number of nitrogens with one attached hydrogen (secondary N) is 1. The largest absolute Gasteiger partial charge is 0.273 e. The van der Waals surface area contributed by atoms with Crippen LogP contribution < -0.4 is 5.43 Å². The first-order chi connectivity index (χ1) is 10.8. The zero-order chi connectivity index (χ0) is 15.1. The molecule has 3 aliphatic carbocycles. The molecule has 0 spiro atoms. The molecule has 4 heteroatoms. The molecule has 1 aliphatic heterocycles. The highest BCUT2D eigenvalue weighted by molar-refractivity contribution is 6.00. The average Bonchev–Trinajstić information content (AvgIpc) is 2.57. The van der Waals surface area contributed by atoms with Crippen molar-refractivity contribution in [2.24, 2.45) is 23.7 Å². The zero-order valence-electron chi connectivity index (χ0n) is 13.4. The Kier molecular flexibility index (Phi) is 3.97. The van der Waals surface area contributed by atoms with Crippen molar-refractivity contribution in [1.29, 1.82) is 0 Å². The lowest BCUT2D eigenvalue weighted by molar-refractivity contribution is -0.172. The van der Waals surface area contributed by atoms with Crippen molar-refractivity contribution in [3.8, 4) is 0 Å². The van der Waals surface area contributed by atoms with Crippen molar-refractivity contribution in [1.82, 2.24) is 10.4 Å². The van der Waals surface area contributed by atoms with Crippen LogP contribution in [0.25, 0.3) is 0 Å². The van der Waals surface area contributed by atoms with Gasteiger partial charge in [0.05, 0.1) is 0 Å². The molecule has 1 N–H and O–H groups in total. The third-order valence-corrected chi connectivity index (χ3v) is 6.65. The van der Waals surface area contributed by atoms with Gasteiger partial charge in [-0.2, -0.15) is 0 Å². The molecule has 4 fully saturated rings. The van der Waals surface area contributed by atoms with E-state index in [0.717, 1.165) is 38.5 Å². The third-order valence-electron chi connectivity index (χ3n) is 6.65. The number of rotatable bonds is 2. The number of hydrogen-bond donors (Lipinski definition) is 1. The molecule has 3 saturated carbocycles. The molecule has 1 heterocycles. The fraction of sp³-hybridized carbons (Fsp3) is 0.889. The van der Waals surface area contributed by atoms with Crippen LogP contribution in [-0.2, 0) is 9.59 Å². The summed E-state index contributed by atoms with van der Waals surface area (Å²) < 4.78 is 0. The van der Waals surface area contributed by atoms with Crippen LogP contribution >= 0.6 is 0 Å². The lowest BCUT2D eigenvalue weighted by Gasteiger charge is -2.50. The number of carbonyl (C=O) groups is 2. The Morgan fingerprint density at radius 2 is 1.32 bits per heavy atom. The maximum absolute atomic E-state index is 12.9. The maximum Gasteiger partial charge on any atom is 0.247 e. The Morgan fingerprint density at radius 3 is 1.91 bits per heavy atom. The fourth-order valence-corrected chi connectivity index (χ4v) is 5.61. The van der Waals surface area contributed by atoms with Gasteiger partial charge in [-0.05, 0) is 37.5 Å². The predicted octanol–water partition coefficient (Wildman–Crippen LogP) is 3.03. The van der Waals surface area contributed by atoms with E-state index in [9.17, 15) is 9.59 Å². The van der Waals surface area contributed by atoms with Crippen molar-refractivity contribution in [2.45, 2.75) is 76.7 Å². The summed E-state index contributed by atoms with van der Waals surface area (Å²) in [5, 5.41) is 1.47. The lowest BCUT2D eigenvalue weighted by Crippen LogP contribution is -2.63. The van der Waals surface area contributed by atoms with Gasteiger partial charge in [-0.15, -0.1) is 0 Å². The molecule has 2 unspecified atom stereocenters. The van der Waals surface area contributed by atoms with Crippen LogP contribution in [0.3, 0.4) is 0 Å². The molecule has 4 rings (SSSR count). The number of amides is 2. The molecule has 4 atom stereocenters. The molecule has 0 aromatic carbocycles. The van der Waals surface area contributed by atoms with Crippen LogP contribution in [0.2, 0.25) is 0 Å². The molecule has 4 aliphatic rings. The second-order valence-electron chi connectivity index (χ2n) is 7.89. The van der Waals surface area contributed by atoms with Crippen molar-refractivity contribution in [3.05, 3.63) is 0 Å². The highest BCUT2D eigenvalue weighted by Crippen LogP contribution is 2.50. The number of imide groups is 1. The van der Waals surface area contributed by atoms with E-state index in [1.807, 2.05) is 0 Å². The standard InChI is InChI=1S/C18H28N2O2/c21-17-14-10-4-6-12-7-5-11-15(16(12)14)18(22)20(17)19-13-8-2-1-3-9-13/h12-16,19H,1-11H2/t12?,14-,15+,16?. The summed E-state index contributed by atoms with van der Waals surface area (Å²) in [7, 11) is 0. The van der Waals surface area contributed by atoms with Crippen molar-refractivity contribution in [2.75, 3.05) is 0 Å². The van der Waals surface area contributed by atoms with Crippen LogP contribution in [0, 0.1) is 23.7 Å². The molecule has 0 aromatic rings. The van der Waals surface area contributed by atoms with Crippen LogP contribution in [0.5, 0.6) is 0 Å². The Hall–Kier alpha value is -0.900. The van der Waals surface area contributed by atoms with E-state index in [1.54, 1.807) is 0 Å². The van der Waals surface area contributed by atoms with E-state index >= 15 is 0 Å². The first-order valence-corrected chi connectivity index (χ1v) is 9.39. The Labute approximate surface area is 133 Å². The van der Waals surface area contributed by atoms with E-state index in [0.29, 0.717) is 17.9 Å². The molecule has 22 heavy (non-hydrogen) atoms. The van der Waals surface area contributed by atoms with Gasteiger partial charge in [0, 0.05) is 17.9 Å². The van der Waals surface area contributed by atoms with E-state index in [-0.39, 0.29) is 23.7 Å².